The standard InChI is InChI=1S/C11H14F5NO/c1-3-7-5-6-8(18-7)9(17-4-2)10(12,13)11(14,15)16/h5-6,9,17H,3-4H2,1-2H3. The lowest BCUT2D eigenvalue weighted by atomic mass is 10.1. The number of alkyl halides is 5. The molecule has 104 valence electrons. The summed E-state index contributed by atoms with van der Waals surface area (Å²) in [4.78, 5) is 0. The average Bonchev–Trinajstić information content (AvgIpc) is 2.72. The van der Waals surface area contributed by atoms with Gasteiger partial charge < -0.3 is 9.73 Å². The molecule has 1 heterocycles. The number of aryl methyl sites for hydroxylation is 1. The van der Waals surface area contributed by atoms with Crippen LogP contribution in [0.25, 0.3) is 0 Å². The van der Waals surface area contributed by atoms with Crippen LogP contribution >= 0.6 is 0 Å². The maximum Gasteiger partial charge on any atom is 0.455 e. The summed E-state index contributed by atoms with van der Waals surface area (Å²) >= 11 is 0. The van der Waals surface area contributed by atoms with Crippen LogP contribution in [0.3, 0.4) is 0 Å². The third-order valence-corrected chi connectivity index (χ3v) is 2.46. The van der Waals surface area contributed by atoms with E-state index in [1.54, 1.807) is 6.92 Å². The van der Waals surface area contributed by atoms with Crippen LogP contribution in [-0.4, -0.2) is 18.6 Å². The van der Waals surface area contributed by atoms with Crippen LogP contribution in [0.4, 0.5) is 22.0 Å². The molecule has 1 rings (SSSR count). The quantitative estimate of drug-likeness (QED) is 0.826. The second-order valence-corrected chi connectivity index (χ2v) is 3.77. The Morgan fingerprint density at radius 2 is 1.78 bits per heavy atom. The van der Waals surface area contributed by atoms with Gasteiger partial charge in [-0.1, -0.05) is 13.8 Å². The second kappa shape index (κ2) is 5.26. The molecule has 0 bridgehead atoms. The molecule has 1 unspecified atom stereocenters. The summed E-state index contributed by atoms with van der Waals surface area (Å²) in [6.07, 6.45) is -5.20. The van der Waals surface area contributed by atoms with Crippen molar-refractivity contribution in [2.75, 3.05) is 6.54 Å². The molecule has 0 aromatic carbocycles. The molecule has 0 aliphatic heterocycles. The van der Waals surface area contributed by atoms with Crippen LogP contribution in [-0.2, 0) is 6.42 Å². The van der Waals surface area contributed by atoms with Crippen LogP contribution in [0.5, 0.6) is 0 Å². The lowest BCUT2D eigenvalue weighted by Crippen LogP contribution is -2.47. The fourth-order valence-corrected chi connectivity index (χ4v) is 1.51. The number of hydrogen-bond acceptors (Lipinski definition) is 2. The molecule has 1 aromatic rings. The number of halogens is 5. The van der Waals surface area contributed by atoms with E-state index in [9.17, 15) is 22.0 Å². The minimum absolute atomic E-state index is 0.0293. The molecule has 0 aliphatic carbocycles. The van der Waals surface area contributed by atoms with Crippen molar-refractivity contribution in [1.82, 2.24) is 5.32 Å². The predicted molar refractivity (Wildman–Crippen MR) is 55.5 cm³/mol. The third-order valence-electron chi connectivity index (χ3n) is 2.46. The first-order chi connectivity index (χ1) is 8.24. The largest absolute Gasteiger partial charge is 0.464 e. The Kier molecular flexibility index (Phi) is 4.37. The highest BCUT2D eigenvalue weighted by Crippen LogP contribution is 2.44. The maximum atomic E-state index is 13.3. The zero-order valence-corrected chi connectivity index (χ0v) is 9.94. The Hall–Kier alpha value is -1.11. The van der Waals surface area contributed by atoms with Crippen molar-refractivity contribution in [2.45, 2.75) is 38.4 Å². The van der Waals surface area contributed by atoms with Gasteiger partial charge >= 0.3 is 12.1 Å². The SMILES string of the molecule is CCNC(c1ccc(CC)o1)C(F)(F)C(F)(F)F. The Morgan fingerprint density at radius 1 is 1.17 bits per heavy atom. The van der Waals surface area contributed by atoms with E-state index in [0.717, 1.165) is 6.07 Å². The molecule has 1 aromatic heterocycles. The molecule has 1 atom stereocenters. The minimum Gasteiger partial charge on any atom is -0.464 e. The zero-order valence-electron chi connectivity index (χ0n) is 9.94. The van der Waals surface area contributed by atoms with Crippen LogP contribution in [0.15, 0.2) is 16.5 Å². The molecule has 0 amide bonds. The highest BCUT2D eigenvalue weighted by molar-refractivity contribution is 5.14. The Balaban J connectivity index is 3.09. The fourth-order valence-electron chi connectivity index (χ4n) is 1.51. The van der Waals surface area contributed by atoms with E-state index in [0.29, 0.717) is 12.2 Å². The Bertz CT molecular complexity index is 385. The van der Waals surface area contributed by atoms with Crippen LogP contribution in [0, 0.1) is 0 Å². The molecule has 0 saturated carbocycles. The summed E-state index contributed by atoms with van der Waals surface area (Å²) < 4.78 is 68.7. The highest BCUT2D eigenvalue weighted by atomic mass is 19.4. The van der Waals surface area contributed by atoms with Crippen molar-refractivity contribution in [2.24, 2.45) is 0 Å². The zero-order chi connectivity index (χ0) is 14.0. The van der Waals surface area contributed by atoms with Gasteiger partial charge in [0.15, 0.2) is 0 Å². The summed E-state index contributed by atoms with van der Waals surface area (Å²) in [7, 11) is 0. The Morgan fingerprint density at radius 3 is 2.17 bits per heavy atom. The maximum absolute atomic E-state index is 13.3. The van der Waals surface area contributed by atoms with E-state index in [1.165, 1.54) is 13.0 Å². The summed E-state index contributed by atoms with van der Waals surface area (Å²) in [5.74, 6) is -4.92. The highest BCUT2D eigenvalue weighted by Gasteiger charge is 2.63. The third kappa shape index (κ3) is 2.82. The Labute approximate surface area is 101 Å². The van der Waals surface area contributed by atoms with Gasteiger partial charge in [-0.15, -0.1) is 0 Å². The molecular formula is C11H14F5NO. The van der Waals surface area contributed by atoms with Crippen LogP contribution in [0.1, 0.15) is 31.4 Å². The lowest BCUT2D eigenvalue weighted by Gasteiger charge is -2.27. The van der Waals surface area contributed by atoms with Gasteiger partial charge in [-0.3, -0.25) is 0 Å². The first-order valence-electron chi connectivity index (χ1n) is 5.50. The van der Waals surface area contributed by atoms with Crippen molar-refractivity contribution in [3.8, 4) is 0 Å². The van der Waals surface area contributed by atoms with Gasteiger partial charge in [-0.25, -0.2) is 0 Å². The van der Waals surface area contributed by atoms with Crippen LogP contribution in [0.2, 0.25) is 0 Å². The molecule has 0 fully saturated rings. The van der Waals surface area contributed by atoms with Gasteiger partial charge in [0.25, 0.3) is 0 Å². The van der Waals surface area contributed by atoms with E-state index in [-0.39, 0.29) is 6.54 Å². The molecule has 7 heteroatoms. The summed E-state index contributed by atoms with van der Waals surface area (Å²) in [6.45, 7) is 3.13. The summed E-state index contributed by atoms with van der Waals surface area (Å²) in [6, 6.07) is 0.334. The monoisotopic (exact) mass is 271 g/mol. The van der Waals surface area contributed by atoms with Gasteiger partial charge in [0.2, 0.25) is 0 Å². The van der Waals surface area contributed by atoms with E-state index in [2.05, 4.69) is 5.32 Å². The molecule has 0 aliphatic rings. The predicted octanol–water partition coefficient (Wildman–Crippen LogP) is 3.69. The topological polar surface area (TPSA) is 25.2 Å². The fraction of sp³-hybridized carbons (Fsp3) is 0.636. The first kappa shape index (κ1) is 14.9. The minimum atomic E-state index is -5.63. The van der Waals surface area contributed by atoms with Gasteiger partial charge in [-0.05, 0) is 18.7 Å². The molecule has 18 heavy (non-hydrogen) atoms. The number of hydrogen-bond donors (Lipinski definition) is 1. The lowest BCUT2D eigenvalue weighted by molar-refractivity contribution is -0.295. The second-order valence-electron chi connectivity index (χ2n) is 3.77. The molecule has 0 spiro atoms. The van der Waals surface area contributed by atoms with E-state index in [4.69, 9.17) is 4.42 Å². The number of furan rings is 1. The van der Waals surface area contributed by atoms with Crippen molar-refractivity contribution in [3.05, 3.63) is 23.7 Å². The van der Waals surface area contributed by atoms with Crippen molar-refractivity contribution >= 4 is 0 Å². The van der Waals surface area contributed by atoms with Gasteiger partial charge in [0, 0.05) is 6.42 Å². The normalized spacial score (nSPS) is 14.8. The van der Waals surface area contributed by atoms with E-state index in [1.807, 2.05) is 0 Å². The number of nitrogens with one attached hydrogen (secondary N) is 1. The van der Waals surface area contributed by atoms with E-state index < -0.39 is 23.9 Å². The van der Waals surface area contributed by atoms with Crippen molar-refractivity contribution < 1.29 is 26.4 Å². The number of rotatable bonds is 5. The van der Waals surface area contributed by atoms with Gasteiger partial charge in [0.1, 0.15) is 17.6 Å². The van der Waals surface area contributed by atoms with Gasteiger partial charge in [0.05, 0.1) is 0 Å². The smallest absolute Gasteiger partial charge is 0.455 e. The molecule has 1 N–H and O–H groups in total. The van der Waals surface area contributed by atoms with E-state index >= 15 is 0 Å². The molecule has 0 radical (unpaired) electrons. The van der Waals surface area contributed by atoms with Crippen molar-refractivity contribution in [1.29, 1.82) is 0 Å². The average molecular weight is 271 g/mol. The van der Waals surface area contributed by atoms with Gasteiger partial charge in [-0.2, -0.15) is 22.0 Å². The summed E-state index contributed by atoms with van der Waals surface area (Å²) in [5, 5.41) is 2.12. The molecule has 2 nitrogen and oxygen atoms in total. The van der Waals surface area contributed by atoms with Crippen LogP contribution < -0.4 is 5.32 Å². The molecule has 0 saturated heterocycles. The summed E-state index contributed by atoms with van der Waals surface area (Å²) in [5.41, 5.74) is 0. The van der Waals surface area contributed by atoms with Crippen molar-refractivity contribution in [3.63, 3.8) is 0 Å². The first-order valence-corrected chi connectivity index (χ1v) is 5.50. The molecular weight excluding hydrogens is 257 g/mol.